The van der Waals surface area contributed by atoms with Gasteiger partial charge in [-0.2, -0.15) is 0 Å². The van der Waals surface area contributed by atoms with Crippen molar-refractivity contribution < 1.29 is 47.7 Å². The first-order valence-corrected chi connectivity index (χ1v) is 36.7. The molecule has 12 aromatic heterocycles. The molecule has 4 aliphatic carbocycles. The standard InChI is InChI=1S/C21H22N6O2.2C20H21N7O.C20H20N6O2.4CH4/c1-15-18(28)8-7-16(20(15)29)23-19-17-6-3-4-11-27(17)24-21(19)22-9-5-10-26-13-12-25(2)14-26;1-25-11-12-26(14-25)9-4-8-22-20-19(18-5-2-3-10-27(18)24-20)23-17-7-6-15(28)13-16(17)21;1-25-11-12-26(14-25)9-4-8-22-20-19(17-5-2-3-10-27(17)24-20)23-16-7-6-15(21)13-18(16)28;1-24-11-12-25(14-24)9-4-8-21-20-19(17-5-2-3-10-26(17)23-20)22-16-7-6-15(27)13-18(16)28;;;;/h3-4,6-8,11-14H,5,9-10H2,1-2H3,(H-,22,24,28,29);2*2-3,5-7,10-14H,4,8-9H2,1H3,(H2-,21,22,24,28);2-3,5-7,10-14H,4,8-9H2,1H3,(H-,21,23,27,28);4*1H4/p+4. The van der Waals surface area contributed by atoms with Crippen LogP contribution in [-0.4, -0.2) is 139 Å². The number of imidazole rings is 4. The Balaban J connectivity index is 0.000000176. The lowest BCUT2D eigenvalue weighted by Crippen LogP contribution is -2.23. The van der Waals surface area contributed by atoms with Crippen molar-refractivity contribution in [2.24, 2.45) is 59.6 Å². The van der Waals surface area contributed by atoms with E-state index in [1.54, 1.807) is 43.2 Å². The summed E-state index contributed by atoms with van der Waals surface area (Å²) in [6.45, 7) is 8.11. The zero-order chi connectivity index (χ0) is 78.9. The van der Waals surface area contributed by atoms with Gasteiger partial charge in [0.15, 0.2) is 40.6 Å². The number of carbonyl (C=O) groups excluding carboxylic acids is 4. The van der Waals surface area contributed by atoms with Crippen molar-refractivity contribution in [3.05, 3.63) is 268 Å². The molecule has 0 amide bonds. The average Bonchev–Trinajstić information content (AvgIpc) is 1.66. The second kappa shape index (κ2) is 40.1. The molecular weight excluding hydrogens is 1480 g/mol. The molecule has 0 atom stereocenters. The predicted octanol–water partition coefficient (Wildman–Crippen LogP) is 10.2. The maximum absolute atomic E-state index is 12.2. The van der Waals surface area contributed by atoms with Crippen molar-refractivity contribution in [2.75, 3.05) is 47.4 Å². The van der Waals surface area contributed by atoms with Crippen LogP contribution in [0, 0.1) is 0 Å². The van der Waals surface area contributed by atoms with Crippen LogP contribution in [0.5, 0.6) is 0 Å². The number of ketones is 4. The van der Waals surface area contributed by atoms with E-state index in [0.717, 1.165) is 106 Å². The summed E-state index contributed by atoms with van der Waals surface area (Å²) >= 11 is 0. The van der Waals surface area contributed by atoms with Gasteiger partial charge in [-0.3, -0.25) is 19.2 Å². The van der Waals surface area contributed by atoms with Gasteiger partial charge >= 0.3 is 0 Å². The minimum Gasteiger partial charge on any atom is -0.506 e. The van der Waals surface area contributed by atoms with Crippen LogP contribution in [0.25, 0.3) is 22.1 Å². The number of anilines is 4. The number of aliphatic hydroxyl groups excluding tert-OH is 2. The van der Waals surface area contributed by atoms with E-state index in [0.29, 0.717) is 80.3 Å². The molecule has 4 aliphatic rings. The molecule has 0 bridgehead atoms. The van der Waals surface area contributed by atoms with Gasteiger partial charge in [0.25, 0.3) is 0 Å². The number of nitrogens with two attached hydrogens (primary N) is 2. The molecule has 606 valence electrons. The summed E-state index contributed by atoms with van der Waals surface area (Å²) in [5.74, 6) is 1.57. The third-order valence-electron chi connectivity index (χ3n) is 18.1. The van der Waals surface area contributed by atoms with Crippen LogP contribution in [0.1, 0.15) is 62.3 Å². The molecule has 0 aliphatic heterocycles. The van der Waals surface area contributed by atoms with E-state index < -0.39 is 0 Å². The fourth-order valence-electron chi connectivity index (χ4n) is 12.4. The topological polar surface area (TPSA) is 363 Å². The number of nitrogens with zero attached hydrogens (tertiary/aromatic N) is 20. The average molecular weight is 1590 g/mol. The van der Waals surface area contributed by atoms with Gasteiger partial charge in [0.1, 0.15) is 101 Å². The summed E-state index contributed by atoms with van der Waals surface area (Å²) in [6.07, 6.45) is 51.7. The Morgan fingerprint density at radius 2 is 0.709 bits per heavy atom. The molecule has 117 heavy (non-hydrogen) atoms. The van der Waals surface area contributed by atoms with Crippen molar-refractivity contribution >= 4 is 114 Å². The molecular formula is C85H104N26O6+4. The number of carbonyl (C=O) groups is 4. The van der Waals surface area contributed by atoms with Gasteiger partial charge in [0.2, 0.25) is 31.1 Å². The van der Waals surface area contributed by atoms with E-state index in [1.807, 2.05) is 219 Å². The molecule has 0 radical (unpaired) electrons. The van der Waals surface area contributed by atoms with E-state index >= 15 is 0 Å². The zero-order valence-corrected chi connectivity index (χ0v) is 63.1. The maximum Gasteiger partial charge on any atom is 0.243 e. The molecule has 16 rings (SSSR count). The summed E-state index contributed by atoms with van der Waals surface area (Å²) in [6, 6.07) is 23.0. The lowest BCUT2D eigenvalue weighted by Gasteiger charge is -2.09. The third-order valence-corrected chi connectivity index (χ3v) is 18.1. The Kier molecular flexibility index (Phi) is 29.6. The van der Waals surface area contributed by atoms with E-state index in [1.165, 1.54) is 42.5 Å². The summed E-state index contributed by atoms with van der Waals surface area (Å²) in [5.41, 5.74) is 20.3. The molecule has 0 spiro atoms. The summed E-state index contributed by atoms with van der Waals surface area (Å²) in [7, 11) is 7.99. The van der Waals surface area contributed by atoms with Crippen molar-refractivity contribution in [2.45, 2.75) is 88.5 Å². The molecule has 12 heterocycles. The second-order valence-corrected chi connectivity index (χ2v) is 26.9. The van der Waals surface area contributed by atoms with Crippen LogP contribution in [-0.2, 0) is 73.5 Å². The van der Waals surface area contributed by atoms with Gasteiger partial charge in [-0.05, 0) is 104 Å². The molecule has 32 nitrogen and oxygen atoms in total. The van der Waals surface area contributed by atoms with Gasteiger partial charge in [-0.1, -0.05) is 54.0 Å². The lowest BCUT2D eigenvalue weighted by atomic mass is 10.0. The van der Waals surface area contributed by atoms with Crippen LogP contribution >= 0.6 is 0 Å². The Hall–Kier alpha value is -14.7. The second-order valence-electron chi connectivity index (χ2n) is 26.9. The largest absolute Gasteiger partial charge is 0.506 e. The highest BCUT2D eigenvalue weighted by Gasteiger charge is 2.23. The molecule has 0 saturated carbocycles. The minimum atomic E-state index is -0.256. The Labute approximate surface area is 678 Å². The molecule has 10 N–H and O–H groups in total. The highest BCUT2D eigenvalue weighted by atomic mass is 16.3. The van der Waals surface area contributed by atoms with Crippen LogP contribution in [0.15, 0.2) is 288 Å². The van der Waals surface area contributed by atoms with Crippen molar-refractivity contribution in [3.63, 3.8) is 0 Å². The number of aliphatic imine (C=N–C) groups is 4. The number of aryl methyl sites for hydroxylation is 8. The minimum absolute atomic E-state index is 0. The zero-order valence-electron chi connectivity index (χ0n) is 63.1. The predicted molar refractivity (Wildman–Crippen MR) is 458 cm³/mol. The number of hydrogen-bond acceptors (Lipinski definition) is 20. The fourth-order valence-corrected chi connectivity index (χ4v) is 12.4. The molecule has 0 aromatic carbocycles. The Bertz CT molecular complexity index is 5780. The number of aliphatic hydroxyl groups is 2. The van der Waals surface area contributed by atoms with Gasteiger partial charge in [-0.25, -0.2) is 74.6 Å². The first-order valence-electron chi connectivity index (χ1n) is 36.7. The third kappa shape index (κ3) is 21.9. The molecule has 32 heteroatoms. The number of allylic oxidation sites excluding steroid dienone is 12. The van der Waals surface area contributed by atoms with Crippen LogP contribution in [0.2, 0.25) is 0 Å². The monoisotopic (exact) mass is 1580 g/mol. The highest BCUT2D eigenvalue weighted by molar-refractivity contribution is 6.49. The number of hydrogen-bond donors (Lipinski definition) is 8. The molecule has 12 aromatic rings. The fraction of sp³-hybridized carbons (Fsp3) is 0.247. The van der Waals surface area contributed by atoms with Gasteiger partial charge in [-0.15, -0.1) is 20.4 Å². The number of rotatable bonds is 24. The van der Waals surface area contributed by atoms with Crippen LogP contribution < -0.4 is 51.0 Å². The quantitative estimate of drug-likeness (QED) is 0.0121. The van der Waals surface area contributed by atoms with E-state index in [4.69, 9.17) is 16.5 Å². The summed E-state index contributed by atoms with van der Waals surface area (Å²) in [5, 5.41) is 52.2. The van der Waals surface area contributed by atoms with Gasteiger partial charge in [0, 0.05) is 106 Å². The smallest absolute Gasteiger partial charge is 0.243 e. The molecule has 0 unspecified atom stereocenters. The number of pyridine rings is 4. The SMILES string of the molecule is C.C.C.C.CC1=C(O)C(=Nc2c(NCCCn3cc[n+](C)c3)nn3ccccc23)C=CC1=O.C[n+]1ccn(CCCNc2nn3ccccc3c2N=C2C=CC(=O)C=C2N)c1.C[n+]1ccn(CCCNc2nn3ccccc3c2N=C2C=CC(=O)C=C2O)c1.C[n+]1ccn(CCCNc2nn3ccccc3c2N=C2C=CC(N)=CC2=O)c1. The summed E-state index contributed by atoms with van der Waals surface area (Å²) in [4.78, 5) is 65.3. The summed E-state index contributed by atoms with van der Waals surface area (Å²) < 4.78 is 23.6. The number of nitrogens with one attached hydrogen (secondary N) is 4. The normalized spacial score (nSPS) is 14.9. The first-order chi connectivity index (χ1) is 54.8. The molecule has 0 fully saturated rings. The number of aromatic nitrogens is 16. The maximum atomic E-state index is 12.2. The highest BCUT2D eigenvalue weighted by Crippen LogP contribution is 2.35. The lowest BCUT2D eigenvalue weighted by molar-refractivity contribution is -0.671. The number of fused-ring (bicyclic) bond motifs is 4. The van der Waals surface area contributed by atoms with E-state index in [9.17, 15) is 29.4 Å². The van der Waals surface area contributed by atoms with E-state index in [-0.39, 0.29) is 69.9 Å². The van der Waals surface area contributed by atoms with E-state index in [2.05, 4.69) is 74.9 Å². The van der Waals surface area contributed by atoms with Crippen LogP contribution in [0.4, 0.5) is 46.0 Å². The van der Waals surface area contributed by atoms with Crippen LogP contribution in [0.3, 0.4) is 0 Å². The van der Waals surface area contributed by atoms with Gasteiger partial charge < -0.3 is 42.9 Å². The van der Waals surface area contributed by atoms with Crippen molar-refractivity contribution in [1.29, 1.82) is 0 Å². The Morgan fingerprint density at radius 1 is 0.385 bits per heavy atom. The van der Waals surface area contributed by atoms with Crippen molar-refractivity contribution in [1.82, 2.24) is 56.7 Å². The Morgan fingerprint density at radius 3 is 1.05 bits per heavy atom. The first kappa shape index (κ1) is 86.3. The molecule has 0 saturated heterocycles. The van der Waals surface area contributed by atoms with Gasteiger partial charge in [0.05, 0.1) is 87.8 Å². The van der Waals surface area contributed by atoms with Crippen molar-refractivity contribution in [3.8, 4) is 0 Å².